The number of alkyl carbamates (subject to hydrolysis) is 1. The standard InChI is InChI=1S/C7H15NO3/c1-4-11-6(9)8-5-7(2,3)10/h10H,4-5H2,1-3H3,(H,8,9). The van der Waals surface area contributed by atoms with Crippen molar-refractivity contribution in [2.75, 3.05) is 13.2 Å². The van der Waals surface area contributed by atoms with Crippen molar-refractivity contribution in [1.29, 1.82) is 0 Å². The molecule has 0 aromatic rings. The van der Waals surface area contributed by atoms with Crippen LogP contribution in [0, 0.1) is 0 Å². The average molecular weight is 161 g/mol. The van der Waals surface area contributed by atoms with Gasteiger partial charge >= 0.3 is 6.09 Å². The quantitative estimate of drug-likeness (QED) is 0.633. The van der Waals surface area contributed by atoms with Gasteiger partial charge in [-0.25, -0.2) is 4.79 Å². The minimum atomic E-state index is -0.882. The van der Waals surface area contributed by atoms with Gasteiger partial charge in [-0.05, 0) is 20.8 Å². The highest BCUT2D eigenvalue weighted by atomic mass is 16.5. The zero-order valence-electron chi connectivity index (χ0n) is 7.18. The Labute approximate surface area is 66.5 Å². The monoisotopic (exact) mass is 161 g/mol. The lowest BCUT2D eigenvalue weighted by Crippen LogP contribution is -2.38. The molecule has 0 aliphatic rings. The van der Waals surface area contributed by atoms with Crippen molar-refractivity contribution in [3.05, 3.63) is 0 Å². The summed E-state index contributed by atoms with van der Waals surface area (Å²) in [4.78, 5) is 10.6. The van der Waals surface area contributed by atoms with E-state index < -0.39 is 11.7 Å². The Bertz CT molecular complexity index is 128. The van der Waals surface area contributed by atoms with Gasteiger partial charge in [-0.2, -0.15) is 0 Å². The maximum atomic E-state index is 10.6. The lowest BCUT2D eigenvalue weighted by Gasteiger charge is -2.16. The molecular formula is C7H15NO3. The second kappa shape index (κ2) is 4.18. The molecule has 4 heteroatoms. The molecule has 0 unspecified atom stereocenters. The second-order valence-corrected chi connectivity index (χ2v) is 2.89. The zero-order chi connectivity index (χ0) is 8.91. The van der Waals surface area contributed by atoms with Crippen LogP contribution < -0.4 is 5.32 Å². The molecule has 4 nitrogen and oxygen atoms in total. The molecule has 1 amide bonds. The Hall–Kier alpha value is -0.770. The summed E-state index contributed by atoms with van der Waals surface area (Å²) < 4.78 is 4.58. The van der Waals surface area contributed by atoms with Crippen molar-refractivity contribution in [3.63, 3.8) is 0 Å². The van der Waals surface area contributed by atoms with Crippen LogP contribution in [-0.2, 0) is 4.74 Å². The van der Waals surface area contributed by atoms with Crippen LogP contribution in [0.2, 0.25) is 0 Å². The normalized spacial score (nSPS) is 10.9. The highest BCUT2D eigenvalue weighted by molar-refractivity contribution is 5.67. The van der Waals surface area contributed by atoms with Gasteiger partial charge in [0.15, 0.2) is 0 Å². The fraction of sp³-hybridized carbons (Fsp3) is 0.857. The lowest BCUT2D eigenvalue weighted by atomic mass is 10.1. The molecule has 0 aromatic heterocycles. The first-order valence-electron chi connectivity index (χ1n) is 3.58. The van der Waals surface area contributed by atoms with E-state index in [0.29, 0.717) is 6.61 Å². The topological polar surface area (TPSA) is 58.6 Å². The summed E-state index contributed by atoms with van der Waals surface area (Å²) in [5.74, 6) is 0. The Morgan fingerprint density at radius 1 is 1.64 bits per heavy atom. The second-order valence-electron chi connectivity index (χ2n) is 2.89. The predicted molar refractivity (Wildman–Crippen MR) is 41.3 cm³/mol. The van der Waals surface area contributed by atoms with Gasteiger partial charge < -0.3 is 15.2 Å². The summed E-state index contributed by atoms with van der Waals surface area (Å²) >= 11 is 0. The fourth-order valence-corrected chi connectivity index (χ4v) is 0.471. The molecule has 0 heterocycles. The van der Waals surface area contributed by atoms with Crippen LogP contribution in [0.15, 0.2) is 0 Å². The van der Waals surface area contributed by atoms with E-state index >= 15 is 0 Å². The summed E-state index contributed by atoms with van der Waals surface area (Å²) in [6.07, 6.45) is -0.491. The maximum absolute atomic E-state index is 10.6. The van der Waals surface area contributed by atoms with Gasteiger partial charge in [-0.1, -0.05) is 0 Å². The Morgan fingerprint density at radius 2 is 2.18 bits per heavy atom. The number of carbonyl (C=O) groups excluding carboxylic acids is 1. The maximum Gasteiger partial charge on any atom is 0.407 e. The molecule has 0 radical (unpaired) electrons. The molecule has 0 aliphatic heterocycles. The van der Waals surface area contributed by atoms with Gasteiger partial charge in [0.05, 0.1) is 12.2 Å². The molecule has 0 rings (SSSR count). The fourth-order valence-electron chi connectivity index (χ4n) is 0.471. The Morgan fingerprint density at radius 3 is 2.55 bits per heavy atom. The van der Waals surface area contributed by atoms with E-state index in [0.717, 1.165) is 0 Å². The van der Waals surface area contributed by atoms with Crippen molar-refractivity contribution in [2.45, 2.75) is 26.4 Å². The van der Waals surface area contributed by atoms with Gasteiger partial charge in [-0.15, -0.1) is 0 Å². The van der Waals surface area contributed by atoms with Crippen LogP contribution in [0.3, 0.4) is 0 Å². The summed E-state index contributed by atoms with van der Waals surface area (Å²) in [5.41, 5.74) is -0.882. The summed E-state index contributed by atoms with van der Waals surface area (Å²) in [5, 5.41) is 11.6. The Kier molecular flexibility index (Phi) is 3.89. The van der Waals surface area contributed by atoms with Crippen LogP contribution >= 0.6 is 0 Å². The van der Waals surface area contributed by atoms with Crippen LogP contribution in [-0.4, -0.2) is 30.0 Å². The van der Waals surface area contributed by atoms with Crippen molar-refractivity contribution >= 4 is 6.09 Å². The van der Waals surface area contributed by atoms with E-state index in [4.69, 9.17) is 5.11 Å². The molecule has 0 bridgehead atoms. The first-order chi connectivity index (χ1) is 4.95. The highest BCUT2D eigenvalue weighted by Crippen LogP contribution is 1.96. The smallest absolute Gasteiger partial charge is 0.407 e. The van der Waals surface area contributed by atoms with Gasteiger partial charge in [0, 0.05) is 6.54 Å². The number of nitrogens with one attached hydrogen (secondary N) is 1. The zero-order valence-corrected chi connectivity index (χ0v) is 7.18. The molecule has 0 aromatic carbocycles. The molecular weight excluding hydrogens is 146 g/mol. The van der Waals surface area contributed by atoms with E-state index in [1.165, 1.54) is 0 Å². The number of hydrogen-bond donors (Lipinski definition) is 2. The SMILES string of the molecule is CCOC(=O)NCC(C)(C)O. The molecule has 66 valence electrons. The van der Waals surface area contributed by atoms with Crippen molar-refractivity contribution in [1.82, 2.24) is 5.32 Å². The largest absolute Gasteiger partial charge is 0.450 e. The molecule has 0 fully saturated rings. The van der Waals surface area contributed by atoms with Gasteiger partial charge in [0.25, 0.3) is 0 Å². The highest BCUT2D eigenvalue weighted by Gasteiger charge is 2.13. The summed E-state index contributed by atoms with van der Waals surface area (Å²) in [6.45, 7) is 5.49. The molecule has 0 spiro atoms. The summed E-state index contributed by atoms with van der Waals surface area (Å²) in [6, 6.07) is 0. The van der Waals surface area contributed by atoms with E-state index in [-0.39, 0.29) is 6.54 Å². The number of hydrogen-bond acceptors (Lipinski definition) is 3. The first-order valence-corrected chi connectivity index (χ1v) is 3.58. The third-order valence-corrected chi connectivity index (χ3v) is 0.941. The van der Waals surface area contributed by atoms with Crippen molar-refractivity contribution in [2.24, 2.45) is 0 Å². The van der Waals surface area contributed by atoms with Crippen LogP contribution in [0.1, 0.15) is 20.8 Å². The third kappa shape index (κ3) is 7.12. The number of amides is 1. The average Bonchev–Trinajstić information content (AvgIpc) is 1.83. The minimum absolute atomic E-state index is 0.200. The van der Waals surface area contributed by atoms with Crippen LogP contribution in [0.25, 0.3) is 0 Å². The molecule has 0 atom stereocenters. The van der Waals surface area contributed by atoms with E-state index in [1.807, 2.05) is 0 Å². The van der Waals surface area contributed by atoms with Crippen molar-refractivity contribution < 1.29 is 14.6 Å². The van der Waals surface area contributed by atoms with Gasteiger partial charge in [0.1, 0.15) is 0 Å². The molecule has 11 heavy (non-hydrogen) atoms. The van der Waals surface area contributed by atoms with Crippen LogP contribution in [0.5, 0.6) is 0 Å². The summed E-state index contributed by atoms with van der Waals surface area (Å²) in [7, 11) is 0. The van der Waals surface area contributed by atoms with E-state index in [1.54, 1.807) is 20.8 Å². The number of carbonyl (C=O) groups is 1. The molecule has 2 N–H and O–H groups in total. The van der Waals surface area contributed by atoms with Crippen molar-refractivity contribution in [3.8, 4) is 0 Å². The van der Waals surface area contributed by atoms with Gasteiger partial charge in [0.2, 0.25) is 0 Å². The first kappa shape index (κ1) is 10.2. The minimum Gasteiger partial charge on any atom is -0.450 e. The number of ether oxygens (including phenoxy) is 1. The van der Waals surface area contributed by atoms with E-state index in [2.05, 4.69) is 10.1 Å². The number of aliphatic hydroxyl groups is 1. The lowest BCUT2D eigenvalue weighted by molar-refractivity contribution is 0.0747. The van der Waals surface area contributed by atoms with Gasteiger partial charge in [-0.3, -0.25) is 0 Å². The van der Waals surface area contributed by atoms with E-state index in [9.17, 15) is 4.79 Å². The third-order valence-electron chi connectivity index (χ3n) is 0.941. The Balaban J connectivity index is 3.46. The number of rotatable bonds is 3. The molecule has 0 saturated heterocycles. The predicted octanol–water partition coefficient (Wildman–Crippen LogP) is 0.503. The molecule has 0 saturated carbocycles. The molecule has 0 aliphatic carbocycles. The van der Waals surface area contributed by atoms with Crippen LogP contribution in [0.4, 0.5) is 4.79 Å².